The van der Waals surface area contributed by atoms with Gasteiger partial charge in [-0.15, -0.1) is 24.9 Å². The summed E-state index contributed by atoms with van der Waals surface area (Å²) in [6, 6.07) is 5.54. The number of aliphatic hydroxyl groups is 1. The molecule has 1 aromatic rings. The molecule has 2 unspecified atom stereocenters. The van der Waals surface area contributed by atoms with Crippen LogP contribution in [0.1, 0.15) is 46.0 Å². The molecule has 1 N–H and O–H groups in total. The zero-order chi connectivity index (χ0) is 27.7. The first-order chi connectivity index (χ1) is 18.1. The number of ether oxygens (including phenoxy) is 1. The number of unbranched alkanes of at least 4 members (excludes halogenated alkanes) is 2. The van der Waals surface area contributed by atoms with Crippen molar-refractivity contribution in [3.8, 4) is 0 Å². The standard InChI is InChI=1S/C29H37ClN2O5S/c1-5-7-8-9-17-37-27(36)23-22-25(34)32(19(3)18-33)24(29(22)15-14-28(23,4)38-29)26(35)31(16-6-2)21-12-10-20(30)11-13-21/h5-6,10-13,19,22-24,33H,1-2,7-9,14-18H2,3-4H3/t19-,22+,23-,24?,28+,29?/m1/s1. The van der Waals surface area contributed by atoms with Gasteiger partial charge in [-0.3, -0.25) is 14.4 Å². The molecule has 0 aliphatic carbocycles. The van der Waals surface area contributed by atoms with Crippen LogP contribution in [0.4, 0.5) is 5.69 Å². The zero-order valence-corrected chi connectivity index (χ0v) is 23.7. The molecule has 0 radical (unpaired) electrons. The van der Waals surface area contributed by atoms with Gasteiger partial charge in [0.15, 0.2) is 0 Å². The first kappa shape index (κ1) is 28.7. The second-order valence-corrected chi connectivity index (χ2v) is 13.0. The van der Waals surface area contributed by atoms with Crippen molar-refractivity contribution >= 4 is 46.8 Å². The third-order valence-electron chi connectivity index (χ3n) is 8.20. The largest absolute Gasteiger partial charge is 0.465 e. The van der Waals surface area contributed by atoms with E-state index in [-0.39, 0.29) is 30.9 Å². The number of nitrogens with zero attached hydrogens (tertiary/aromatic N) is 2. The van der Waals surface area contributed by atoms with Crippen molar-refractivity contribution in [2.45, 2.75) is 67.5 Å². The first-order valence-corrected chi connectivity index (χ1v) is 14.4. The summed E-state index contributed by atoms with van der Waals surface area (Å²) in [6.07, 6.45) is 7.26. The van der Waals surface area contributed by atoms with E-state index in [0.29, 0.717) is 30.2 Å². The molecule has 6 atom stereocenters. The molecule has 7 nitrogen and oxygen atoms in total. The minimum absolute atomic E-state index is 0.241. The summed E-state index contributed by atoms with van der Waals surface area (Å²) in [6.45, 7) is 11.5. The number of thioether (sulfide) groups is 1. The van der Waals surface area contributed by atoms with Gasteiger partial charge in [-0.2, -0.15) is 0 Å². The summed E-state index contributed by atoms with van der Waals surface area (Å²) in [4.78, 5) is 45.1. The summed E-state index contributed by atoms with van der Waals surface area (Å²) in [7, 11) is 0. The molecular weight excluding hydrogens is 524 g/mol. The van der Waals surface area contributed by atoms with Crippen molar-refractivity contribution in [2.24, 2.45) is 11.8 Å². The van der Waals surface area contributed by atoms with E-state index in [2.05, 4.69) is 13.2 Å². The fourth-order valence-electron chi connectivity index (χ4n) is 6.44. The van der Waals surface area contributed by atoms with Gasteiger partial charge >= 0.3 is 5.97 Å². The predicted molar refractivity (Wildman–Crippen MR) is 151 cm³/mol. The van der Waals surface area contributed by atoms with Crippen LogP contribution in [-0.4, -0.2) is 69.1 Å². The van der Waals surface area contributed by atoms with Crippen molar-refractivity contribution in [3.05, 3.63) is 54.6 Å². The third kappa shape index (κ3) is 4.80. The molecule has 0 aromatic heterocycles. The maximum Gasteiger partial charge on any atom is 0.311 e. The number of hydrogen-bond acceptors (Lipinski definition) is 6. The van der Waals surface area contributed by atoms with Crippen LogP contribution in [0, 0.1) is 11.8 Å². The van der Waals surface area contributed by atoms with Gasteiger partial charge in [-0.05, 0) is 70.2 Å². The van der Waals surface area contributed by atoms with Crippen LogP contribution in [0.25, 0.3) is 0 Å². The maximum absolute atomic E-state index is 14.4. The number of rotatable bonds is 12. The normalized spacial score (nSPS) is 30.2. The summed E-state index contributed by atoms with van der Waals surface area (Å²) in [5.74, 6) is -2.22. The van der Waals surface area contributed by atoms with Crippen molar-refractivity contribution in [1.29, 1.82) is 0 Å². The highest BCUT2D eigenvalue weighted by molar-refractivity contribution is 8.02. The molecule has 3 heterocycles. The van der Waals surface area contributed by atoms with E-state index in [0.717, 1.165) is 19.3 Å². The van der Waals surface area contributed by atoms with Gasteiger partial charge in [0, 0.05) is 22.0 Å². The smallest absolute Gasteiger partial charge is 0.311 e. The lowest BCUT2D eigenvalue weighted by Crippen LogP contribution is -2.57. The SMILES string of the molecule is C=CCCCCOC(=O)[C@H]1[C@H]2C(=O)N([C@H](C)CO)C(C(=O)N(CC=C)c3ccc(Cl)cc3)C23CC[C@]1(C)S3. The number of halogens is 1. The Morgan fingerprint density at radius 2 is 1.97 bits per heavy atom. The van der Waals surface area contributed by atoms with Crippen LogP contribution in [0.15, 0.2) is 49.6 Å². The van der Waals surface area contributed by atoms with Gasteiger partial charge in [0.2, 0.25) is 5.91 Å². The molecule has 1 spiro atoms. The van der Waals surface area contributed by atoms with Crippen molar-refractivity contribution in [3.63, 3.8) is 0 Å². The second-order valence-electron chi connectivity index (χ2n) is 10.7. The Labute approximate surface area is 234 Å². The lowest BCUT2D eigenvalue weighted by Gasteiger charge is -2.38. The Hall–Kier alpha value is -2.29. The van der Waals surface area contributed by atoms with Crippen LogP contribution in [-0.2, 0) is 19.1 Å². The second kappa shape index (κ2) is 11.4. The fraction of sp³-hybridized carbons (Fsp3) is 0.552. The number of aliphatic hydroxyl groups excluding tert-OH is 1. The van der Waals surface area contributed by atoms with Gasteiger partial charge in [0.05, 0.1) is 35.8 Å². The Balaban J connectivity index is 1.70. The number of carbonyl (C=O) groups is 3. The molecular formula is C29H37ClN2O5S. The lowest BCUT2D eigenvalue weighted by molar-refractivity contribution is -0.156. The maximum atomic E-state index is 14.4. The summed E-state index contributed by atoms with van der Waals surface area (Å²) in [5, 5.41) is 10.6. The topological polar surface area (TPSA) is 87.1 Å². The number of fused-ring (bicyclic) bond motifs is 1. The monoisotopic (exact) mass is 560 g/mol. The van der Waals surface area contributed by atoms with E-state index in [1.807, 2.05) is 13.0 Å². The predicted octanol–water partition coefficient (Wildman–Crippen LogP) is 4.62. The minimum Gasteiger partial charge on any atom is -0.465 e. The van der Waals surface area contributed by atoms with Gasteiger partial charge < -0.3 is 19.6 Å². The van der Waals surface area contributed by atoms with Gasteiger partial charge in [-0.25, -0.2) is 0 Å². The average molecular weight is 561 g/mol. The Morgan fingerprint density at radius 3 is 2.61 bits per heavy atom. The van der Waals surface area contributed by atoms with Crippen LogP contribution in [0.3, 0.4) is 0 Å². The number of anilines is 1. The highest BCUT2D eigenvalue weighted by Crippen LogP contribution is 2.71. The van der Waals surface area contributed by atoms with Gasteiger partial charge in [0.1, 0.15) is 6.04 Å². The molecule has 4 rings (SSSR count). The molecule has 2 bridgehead atoms. The first-order valence-electron chi connectivity index (χ1n) is 13.2. The number of carbonyl (C=O) groups excluding carboxylic acids is 3. The highest BCUT2D eigenvalue weighted by Gasteiger charge is 2.78. The Bertz CT molecular complexity index is 1100. The fourth-order valence-corrected chi connectivity index (χ4v) is 8.89. The molecule has 206 valence electrons. The Kier molecular flexibility index (Phi) is 8.65. The number of hydrogen-bond donors (Lipinski definition) is 1. The number of amides is 2. The van der Waals surface area contributed by atoms with Crippen molar-refractivity contribution in [2.75, 3.05) is 24.7 Å². The molecule has 38 heavy (non-hydrogen) atoms. The van der Waals surface area contributed by atoms with E-state index in [1.54, 1.807) is 53.9 Å². The molecule has 3 aliphatic rings. The number of esters is 1. The van der Waals surface area contributed by atoms with E-state index < -0.39 is 33.4 Å². The van der Waals surface area contributed by atoms with E-state index in [1.165, 1.54) is 4.90 Å². The van der Waals surface area contributed by atoms with Gasteiger partial charge in [-0.1, -0.05) is 23.8 Å². The van der Waals surface area contributed by atoms with E-state index in [4.69, 9.17) is 16.3 Å². The zero-order valence-electron chi connectivity index (χ0n) is 22.1. The van der Waals surface area contributed by atoms with Crippen LogP contribution < -0.4 is 4.90 Å². The molecule has 9 heteroatoms. The van der Waals surface area contributed by atoms with E-state index in [9.17, 15) is 19.5 Å². The quantitative estimate of drug-likeness (QED) is 0.228. The Morgan fingerprint density at radius 1 is 1.26 bits per heavy atom. The summed E-state index contributed by atoms with van der Waals surface area (Å²) >= 11 is 7.68. The average Bonchev–Trinajstić information content (AvgIpc) is 3.47. The minimum atomic E-state index is -0.838. The highest BCUT2D eigenvalue weighted by atomic mass is 35.5. The van der Waals surface area contributed by atoms with Gasteiger partial charge in [0.25, 0.3) is 5.91 Å². The van der Waals surface area contributed by atoms with E-state index >= 15 is 0 Å². The van der Waals surface area contributed by atoms with Crippen molar-refractivity contribution in [1.82, 2.24) is 4.90 Å². The summed E-state index contributed by atoms with van der Waals surface area (Å²) in [5.41, 5.74) is 0.641. The number of benzene rings is 1. The van der Waals surface area contributed by atoms with Crippen LogP contribution in [0.2, 0.25) is 5.02 Å². The number of allylic oxidation sites excluding steroid dienone is 1. The molecule has 3 aliphatic heterocycles. The molecule has 3 fully saturated rings. The third-order valence-corrected chi connectivity index (χ3v) is 10.4. The van der Waals surface area contributed by atoms with Crippen LogP contribution in [0.5, 0.6) is 0 Å². The molecule has 0 saturated carbocycles. The molecule has 1 aromatic carbocycles. The summed E-state index contributed by atoms with van der Waals surface area (Å²) < 4.78 is 4.41. The number of likely N-dealkylation sites (tertiary alicyclic amines) is 1. The molecule has 2 amide bonds. The van der Waals surface area contributed by atoms with Crippen LogP contribution >= 0.6 is 23.4 Å². The van der Waals surface area contributed by atoms with Crippen molar-refractivity contribution < 1.29 is 24.2 Å². The lowest BCUT2D eigenvalue weighted by atomic mass is 9.66. The molecule has 3 saturated heterocycles.